The molecule has 0 saturated carbocycles. The van der Waals surface area contributed by atoms with Crippen LogP contribution < -0.4 is 5.32 Å². The molecule has 96 valence electrons. The molecule has 2 atom stereocenters. The molecule has 7 nitrogen and oxygen atoms in total. The van der Waals surface area contributed by atoms with E-state index in [1.54, 1.807) is 22.0 Å². The number of carbonyl (C=O) groups is 2. The van der Waals surface area contributed by atoms with Crippen LogP contribution in [0.5, 0.6) is 0 Å². The summed E-state index contributed by atoms with van der Waals surface area (Å²) in [6, 6.07) is -0.0982. The summed E-state index contributed by atoms with van der Waals surface area (Å²) < 4.78 is 7.13. The first-order valence-electron chi connectivity index (χ1n) is 5.81. The van der Waals surface area contributed by atoms with Gasteiger partial charge in [0.15, 0.2) is 0 Å². The van der Waals surface area contributed by atoms with Crippen molar-refractivity contribution >= 4 is 11.8 Å². The van der Waals surface area contributed by atoms with E-state index in [9.17, 15) is 9.59 Å². The second-order valence-electron chi connectivity index (χ2n) is 4.66. The molecule has 3 heterocycles. The van der Waals surface area contributed by atoms with E-state index in [0.717, 1.165) is 0 Å². The second-order valence-corrected chi connectivity index (χ2v) is 4.66. The molecule has 2 saturated heterocycles. The third kappa shape index (κ3) is 1.86. The second kappa shape index (κ2) is 4.09. The minimum atomic E-state index is -0.122. The summed E-state index contributed by atoms with van der Waals surface area (Å²) in [4.78, 5) is 29.1. The third-order valence-electron chi connectivity index (χ3n) is 3.25. The van der Waals surface area contributed by atoms with Crippen LogP contribution in [-0.2, 0) is 16.6 Å². The average Bonchev–Trinajstić information content (AvgIpc) is 2.93. The summed E-state index contributed by atoms with van der Waals surface area (Å²) in [5.74, 6) is -0.244. The first-order chi connectivity index (χ1) is 8.63. The molecule has 0 spiro atoms. The van der Waals surface area contributed by atoms with Crippen molar-refractivity contribution in [3.63, 3.8) is 0 Å². The van der Waals surface area contributed by atoms with Gasteiger partial charge in [0.2, 0.25) is 5.91 Å². The smallest absolute Gasteiger partial charge is 0.274 e. The van der Waals surface area contributed by atoms with E-state index in [-0.39, 0.29) is 30.6 Å². The number of likely N-dealkylation sites (tertiary alicyclic amines) is 1. The lowest BCUT2D eigenvalue weighted by atomic mass is 10.2. The highest BCUT2D eigenvalue weighted by atomic mass is 16.5. The third-order valence-corrected chi connectivity index (χ3v) is 3.25. The number of morpholine rings is 1. The Morgan fingerprint density at radius 2 is 2.39 bits per heavy atom. The van der Waals surface area contributed by atoms with Crippen LogP contribution in [0.4, 0.5) is 0 Å². The normalized spacial score (nSPS) is 26.9. The number of ether oxygens (including phenoxy) is 1. The quantitative estimate of drug-likeness (QED) is 0.676. The molecule has 1 N–H and O–H groups in total. The van der Waals surface area contributed by atoms with Crippen molar-refractivity contribution in [1.82, 2.24) is 19.8 Å². The highest BCUT2D eigenvalue weighted by Gasteiger charge is 2.40. The monoisotopic (exact) mass is 250 g/mol. The van der Waals surface area contributed by atoms with Crippen molar-refractivity contribution < 1.29 is 14.3 Å². The molecule has 7 heteroatoms. The Morgan fingerprint density at radius 3 is 3.11 bits per heavy atom. The van der Waals surface area contributed by atoms with Crippen molar-refractivity contribution in [2.75, 3.05) is 19.7 Å². The van der Waals surface area contributed by atoms with Gasteiger partial charge in [-0.1, -0.05) is 0 Å². The number of rotatable bonds is 1. The van der Waals surface area contributed by atoms with E-state index >= 15 is 0 Å². The van der Waals surface area contributed by atoms with E-state index in [1.807, 2.05) is 7.05 Å². The molecule has 1 aromatic heterocycles. The number of carbonyl (C=O) groups excluding carboxylic acids is 2. The van der Waals surface area contributed by atoms with Crippen molar-refractivity contribution in [2.24, 2.45) is 7.05 Å². The highest BCUT2D eigenvalue weighted by Crippen LogP contribution is 2.18. The van der Waals surface area contributed by atoms with Gasteiger partial charge >= 0.3 is 0 Å². The molecule has 2 amide bonds. The maximum absolute atomic E-state index is 12.2. The van der Waals surface area contributed by atoms with Crippen LogP contribution in [0.1, 0.15) is 10.5 Å². The lowest BCUT2D eigenvalue weighted by molar-refractivity contribution is -0.134. The molecule has 2 aliphatic rings. The average molecular weight is 250 g/mol. The summed E-state index contributed by atoms with van der Waals surface area (Å²) in [6.07, 6.45) is 3.17. The first-order valence-corrected chi connectivity index (χ1v) is 5.81. The topological polar surface area (TPSA) is 76.5 Å². The SMILES string of the molecule is Cn1cnc(C(=O)N2C[C@@H]3NC(=O)CO[C@H]3C2)c1. The van der Waals surface area contributed by atoms with E-state index in [0.29, 0.717) is 18.8 Å². The van der Waals surface area contributed by atoms with Crippen LogP contribution in [0.3, 0.4) is 0 Å². The Morgan fingerprint density at radius 1 is 1.56 bits per heavy atom. The van der Waals surface area contributed by atoms with Crippen molar-refractivity contribution in [2.45, 2.75) is 12.1 Å². The maximum Gasteiger partial charge on any atom is 0.274 e. The Balaban J connectivity index is 1.72. The Hall–Kier alpha value is -1.89. The summed E-state index contributed by atoms with van der Waals surface area (Å²) in [5.41, 5.74) is 0.419. The molecule has 0 bridgehead atoms. The van der Waals surface area contributed by atoms with Gasteiger partial charge in [0, 0.05) is 26.3 Å². The number of aryl methyl sites for hydroxylation is 1. The van der Waals surface area contributed by atoms with Gasteiger partial charge in [0.25, 0.3) is 5.91 Å². The molecule has 3 rings (SSSR count). The van der Waals surface area contributed by atoms with Crippen molar-refractivity contribution in [1.29, 1.82) is 0 Å². The van der Waals surface area contributed by atoms with Gasteiger partial charge in [0.05, 0.1) is 18.5 Å². The molecule has 0 radical (unpaired) electrons. The molecule has 0 aromatic carbocycles. The zero-order valence-electron chi connectivity index (χ0n) is 10.00. The van der Waals surface area contributed by atoms with E-state index < -0.39 is 0 Å². The predicted molar refractivity (Wildman–Crippen MR) is 60.8 cm³/mol. The Kier molecular flexibility index (Phi) is 2.55. The zero-order valence-corrected chi connectivity index (χ0v) is 10.00. The lowest BCUT2D eigenvalue weighted by Crippen LogP contribution is -2.50. The molecule has 2 fully saturated rings. The fraction of sp³-hybridized carbons (Fsp3) is 0.545. The largest absolute Gasteiger partial charge is 0.364 e. The summed E-state index contributed by atoms with van der Waals surface area (Å²) >= 11 is 0. The Labute approximate surface area is 104 Å². The number of hydrogen-bond donors (Lipinski definition) is 1. The van der Waals surface area contributed by atoms with Crippen LogP contribution in [0.15, 0.2) is 12.5 Å². The van der Waals surface area contributed by atoms with Gasteiger partial charge in [0.1, 0.15) is 12.3 Å². The molecule has 1 aromatic rings. The fourth-order valence-corrected chi connectivity index (χ4v) is 2.36. The fourth-order valence-electron chi connectivity index (χ4n) is 2.36. The number of amides is 2. The summed E-state index contributed by atoms with van der Waals surface area (Å²) in [5, 5.41) is 2.84. The van der Waals surface area contributed by atoms with Crippen LogP contribution in [-0.4, -0.2) is 58.1 Å². The van der Waals surface area contributed by atoms with Crippen LogP contribution in [0, 0.1) is 0 Å². The molecule has 0 aliphatic carbocycles. The van der Waals surface area contributed by atoms with E-state index in [1.165, 1.54) is 0 Å². The van der Waals surface area contributed by atoms with Crippen molar-refractivity contribution in [3.05, 3.63) is 18.2 Å². The number of fused-ring (bicyclic) bond motifs is 1. The van der Waals surface area contributed by atoms with Crippen LogP contribution in [0.2, 0.25) is 0 Å². The van der Waals surface area contributed by atoms with Crippen LogP contribution >= 0.6 is 0 Å². The van der Waals surface area contributed by atoms with Gasteiger partial charge in [-0.15, -0.1) is 0 Å². The molecular formula is C11H14N4O3. The number of nitrogens with zero attached hydrogens (tertiary/aromatic N) is 3. The predicted octanol–water partition coefficient (Wildman–Crippen LogP) is -1.24. The first kappa shape index (κ1) is 11.2. The molecule has 18 heavy (non-hydrogen) atoms. The zero-order chi connectivity index (χ0) is 12.7. The lowest BCUT2D eigenvalue weighted by Gasteiger charge is -2.24. The van der Waals surface area contributed by atoms with Gasteiger partial charge in [-0.25, -0.2) is 4.98 Å². The minimum Gasteiger partial charge on any atom is -0.364 e. The van der Waals surface area contributed by atoms with Gasteiger partial charge < -0.3 is 19.5 Å². The molecule has 2 aliphatic heterocycles. The molecular weight excluding hydrogens is 236 g/mol. The number of imidazole rings is 1. The van der Waals surface area contributed by atoms with Crippen molar-refractivity contribution in [3.8, 4) is 0 Å². The number of hydrogen-bond acceptors (Lipinski definition) is 4. The Bertz CT molecular complexity index is 498. The van der Waals surface area contributed by atoms with Gasteiger partial charge in [-0.05, 0) is 0 Å². The van der Waals surface area contributed by atoms with E-state index in [2.05, 4.69) is 10.3 Å². The standard InChI is InChI=1S/C11H14N4O3/c1-14-2-8(12-6-14)11(17)15-3-7-9(4-15)18-5-10(16)13-7/h2,6-7,9H,3-5H2,1H3,(H,13,16)/t7-,9-/m0/s1. The number of aromatic nitrogens is 2. The highest BCUT2D eigenvalue weighted by molar-refractivity contribution is 5.92. The van der Waals surface area contributed by atoms with Crippen LogP contribution in [0.25, 0.3) is 0 Å². The minimum absolute atomic E-state index is 0.0762. The van der Waals surface area contributed by atoms with Gasteiger partial charge in [-0.3, -0.25) is 9.59 Å². The number of nitrogens with one attached hydrogen (secondary N) is 1. The molecule has 0 unspecified atom stereocenters. The summed E-state index contributed by atoms with van der Waals surface area (Å²) in [6.45, 7) is 1.05. The summed E-state index contributed by atoms with van der Waals surface area (Å²) in [7, 11) is 1.82. The van der Waals surface area contributed by atoms with Gasteiger partial charge in [-0.2, -0.15) is 0 Å². The maximum atomic E-state index is 12.2. The van der Waals surface area contributed by atoms with E-state index in [4.69, 9.17) is 4.74 Å².